The van der Waals surface area contributed by atoms with Crippen LogP contribution in [0.4, 0.5) is 0 Å². The maximum Gasteiger partial charge on any atom is 0.337 e. The molecule has 0 unspecified atom stereocenters. The lowest BCUT2D eigenvalue weighted by Crippen LogP contribution is -2.36. The smallest absolute Gasteiger partial charge is 0.337 e. The Balaban J connectivity index is 1.58. The van der Waals surface area contributed by atoms with Gasteiger partial charge in [-0.1, -0.05) is 48.5 Å². The number of dihydropyridines is 1. The van der Waals surface area contributed by atoms with Gasteiger partial charge in [0.1, 0.15) is 11.9 Å². The first-order valence-corrected chi connectivity index (χ1v) is 12.2. The number of rotatable bonds is 5. The fourth-order valence-corrected chi connectivity index (χ4v) is 5.71. The van der Waals surface area contributed by atoms with E-state index in [-0.39, 0.29) is 23.8 Å². The highest BCUT2D eigenvalue weighted by Gasteiger charge is 2.42. The molecule has 1 heterocycles. The summed E-state index contributed by atoms with van der Waals surface area (Å²) in [6, 6.07) is 17.8. The summed E-state index contributed by atoms with van der Waals surface area (Å²) in [7, 11) is 1.62. The Morgan fingerprint density at radius 1 is 0.971 bits per heavy atom. The molecular formula is C29H31NO4. The van der Waals surface area contributed by atoms with Crippen LogP contribution < -0.4 is 10.1 Å². The summed E-state index contributed by atoms with van der Waals surface area (Å²) in [5, 5.41) is 3.44. The van der Waals surface area contributed by atoms with Crippen LogP contribution in [0.3, 0.4) is 0 Å². The summed E-state index contributed by atoms with van der Waals surface area (Å²) in [6.07, 6.45) is 5.05. The zero-order valence-electron chi connectivity index (χ0n) is 19.8. The molecule has 176 valence electrons. The summed E-state index contributed by atoms with van der Waals surface area (Å²) in [6.45, 7) is 1.91. The van der Waals surface area contributed by atoms with Crippen LogP contribution >= 0.6 is 0 Å². The molecule has 2 atom stereocenters. The molecular weight excluding hydrogens is 426 g/mol. The van der Waals surface area contributed by atoms with Gasteiger partial charge in [0.15, 0.2) is 5.78 Å². The van der Waals surface area contributed by atoms with Crippen molar-refractivity contribution >= 4 is 11.8 Å². The highest BCUT2D eigenvalue weighted by Crippen LogP contribution is 2.47. The Hall–Kier alpha value is -3.34. The van der Waals surface area contributed by atoms with Gasteiger partial charge in [-0.15, -0.1) is 0 Å². The van der Waals surface area contributed by atoms with E-state index in [1.807, 2.05) is 49.4 Å². The topological polar surface area (TPSA) is 64.6 Å². The molecule has 0 saturated heterocycles. The molecule has 5 rings (SSSR count). The van der Waals surface area contributed by atoms with Crippen LogP contribution in [-0.4, -0.2) is 25.0 Å². The molecule has 1 aliphatic heterocycles. The van der Waals surface area contributed by atoms with Crippen molar-refractivity contribution in [3.05, 3.63) is 88.3 Å². The van der Waals surface area contributed by atoms with Crippen LogP contribution in [0.15, 0.2) is 77.1 Å². The molecule has 1 saturated carbocycles. The van der Waals surface area contributed by atoms with Crippen molar-refractivity contribution in [1.29, 1.82) is 0 Å². The maximum atomic E-state index is 13.7. The van der Waals surface area contributed by atoms with Crippen LogP contribution in [0.1, 0.15) is 68.4 Å². The van der Waals surface area contributed by atoms with Crippen molar-refractivity contribution in [3.63, 3.8) is 0 Å². The molecule has 1 N–H and O–H groups in total. The van der Waals surface area contributed by atoms with Crippen LogP contribution in [0.25, 0.3) is 0 Å². The number of ether oxygens (including phenoxy) is 2. The van der Waals surface area contributed by atoms with Gasteiger partial charge in [0.05, 0.1) is 18.6 Å². The SMILES string of the molecule is COc1ccccc1[C@H]1C(C(=O)OC2CCCC2)=C(C)NC2=C1C(=O)C[C@@H](c1ccccc1)C2. The zero-order chi connectivity index (χ0) is 23.7. The van der Waals surface area contributed by atoms with E-state index in [1.165, 1.54) is 0 Å². The van der Waals surface area contributed by atoms with Gasteiger partial charge in [0, 0.05) is 29.0 Å². The second-order valence-electron chi connectivity index (χ2n) is 9.48. The minimum atomic E-state index is -0.509. The fraction of sp³-hybridized carbons (Fsp3) is 0.379. The number of carbonyl (C=O) groups excluding carboxylic acids is 2. The molecule has 2 aliphatic carbocycles. The van der Waals surface area contributed by atoms with Crippen molar-refractivity contribution in [2.24, 2.45) is 0 Å². The van der Waals surface area contributed by atoms with E-state index in [4.69, 9.17) is 9.47 Å². The fourth-order valence-electron chi connectivity index (χ4n) is 5.71. The number of nitrogens with one attached hydrogen (secondary N) is 1. The standard InChI is InChI=1S/C29H31NO4/c1-18-26(29(32)34-21-12-6-7-13-21)27(22-14-8-9-15-25(22)33-2)28-23(30-18)16-20(17-24(28)31)19-10-4-3-5-11-19/h3-5,8-11,14-15,20-21,27,30H,6-7,12-13,16-17H2,1-2H3/t20-,27-/m0/s1. The molecule has 2 aromatic rings. The van der Waals surface area contributed by atoms with Crippen LogP contribution in [-0.2, 0) is 14.3 Å². The number of allylic oxidation sites excluding steroid dienone is 3. The molecule has 5 heteroatoms. The third kappa shape index (κ3) is 4.15. The van der Waals surface area contributed by atoms with Crippen molar-refractivity contribution < 1.29 is 19.1 Å². The lowest BCUT2D eigenvalue weighted by molar-refractivity contribution is -0.144. The summed E-state index contributed by atoms with van der Waals surface area (Å²) in [4.78, 5) is 27.2. The van der Waals surface area contributed by atoms with Gasteiger partial charge < -0.3 is 14.8 Å². The normalized spacial score (nSPS) is 22.9. The summed E-state index contributed by atoms with van der Waals surface area (Å²) in [5.41, 5.74) is 4.81. The summed E-state index contributed by atoms with van der Waals surface area (Å²) >= 11 is 0. The van der Waals surface area contributed by atoms with Crippen molar-refractivity contribution in [2.45, 2.75) is 63.4 Å². The van der Waals surface area contributed by atoms with Gasteiger partial charge in [-0.25, -0.2) is 4.79 Å². The van der Waals surface area contributed by atoms with E-state index in [0.717, 1.165) is 54.6 Å². The van der Waals surface area contributed by atoms with E-state index in [2.05, 4.69) is 17.4 Å². The maximum absolute atomic E-state index is 13.7. The van der Waals surface area contributed by atoms with Crippen LogP contribution in [0.2, 0.25) is 0 Å². The van der Waals surface area contributed by atoms with E-state index in [1.54, 1.807) is 7.11 Å². The molecule has 0 bridgehead atoms. The third-order valence-corrected chi connectivity index (χ3v) is 7.34. The highest BCUT2D eigenvalue weighted by molar-refractivity contribution is 6.04. The number of esters is 1. The highest BCUT2D eigenvalue weighted by atomic mass is 16.5. The van der Waals surface area contributed by atoms with Crippen molar-refractivity contribution in [2.75, 3.05) is 7.11 Å². The van der Waals surface area contributed by atoms with Gasteiger partial charge in [0.2, 0.25) is 0 Å². The number of ketones is 1. The first-order valence-electron chi connectivity index (χ1n) is 12.2. The Morgan fingerprint density at radius 2 is 1.68 bits per heavy atom. The van der Waals surface area contributed by atoms with Crippen molar-refractivity contribution in [3.8, 4) is 5.75 Å². The van der Waals surface area contributed by atoms with Crippen LogP contribution in [0.5, 0.6) is 5.75 Å². The van der Waals surface area contributed by atoms with Gasteiger partial charge in [0.25, 0.3) is 0 Å². The molecule has 1 fully saturated rings. The molecule has 0 spiro atoms. The minimum absolute atomic E-state index is 0.0500. The molecule has 5 nitrogen and oxygen atoms in total. The van der Waals surface area contributed by atoms with E-state index in [0.29, 0.717) is 23.3 Å². The summed E-state index contributed by atoms with van der Waals surface area (Å²) < 4.78 is 11.6. The Bertz CT molecular complexity index is 1160. The molecule has 0 aromatic heterocycles. The van der Waals surface area contributed by atoms with Crippen molar-refractivity contribution in [1.82, 2.24) is 5.32 Å². The summed E-state index contributed by atoms with van der Waals surface area (Å²) in [5.74, 6) is -0.00343. The van der Waals surface area contributed by atoms with Gasteiger partial charge in [-0.05, 0) is 56.6 Å². The number of benzene rings is 2. The second kappa shape index (κ2) is 9.49. The number of hydrogen-bond donors (Lipinski definition) is 1. The molecule has 2 aromatic carbocycles. The van der Waals surface area contributed by atoms with Gasteiger partial charge in [-0.3, -0.25) is 4.79 Å². The predicted molar refractivity (Wildman–Crippen MR) is 130 cm³/mol. The lowest BCUT2D eigenvalue weighted by atomic mass is 9.71. The number of methoxy groups -OCH3 is 1. The molecule has 0 radical (unpaired) electrons. The average Bonchev–Trinajstić information content (AvgIpc) is 3.36. The van der Waals surface area contributed by atoms with Gasteiger partial charge in [-0.2, -0.15) is 0 Å². The van der Waals surface area contributed by atoms with E-state index < -0.39 is 5.92 Å². The molecule has 3 aliphatic rings. The lowest BCUT2D eigenvalue weighted by Gasteiger charge is -2.37. The monoisotopic (exact) mass is 457 g/mol. The minimum Gasteiger partial charge on any atom is -0.496 e. The molecule has 34 heavy (non-hydrogen) atoms. The molecule has 0 amide bonds. The Kier molecular flexibility index (Phi) is 6.27. The second-order valence-corrected chi connectivity index (χ2v) is 9.48. The first-order chi connectivity index (χ1) is 16.6. The predicted octanol–water partition coefficient (Wildman–Crippen LogP) is 5.54. The Morgan fingerprint density at radius 3 is 2.41 bits per heavy atom. The van der Waals surface area contributed by atoms with E-state index >= 15 is 0 Å². The van der Waals surface area contributed by atoms with E-state index in [9.17, 15) is 9.59 Å². The van der Waals surface area contributed by atoms with Crippen LogP contribution in [0, 0.1) is 0 Å². The average molecular weight is 458 g/mol. The number of Topliss-reactive ketones (excluding diaryl/α,β-unsaturated/α-hetero) is 1. The first kappa shape index (κ1) is 22.5. The number of para-hydroxylation sites is 1. The van der Waals surface area contributed by atoms with Gasteiger partial charge >= 0.3 is 5.97 Å². The quantitative estimate of drug-likeness (QED) is 0.597. The number of hydrogen-bond acceptors (Lipinski definition) is 5. The Labute approximate surface area is 200 Å². The largest absolute Gasteiger partial charge is 0.496 e. The number of carbonyl (C=O) groups is 2. The third-order valence-electron chi connectivity index (χ3n) is 7.34. The zero-order valence-corrected chi connectivity index (χ0v) is 19.8.